The van der Waals surface area contributed by atoms with E-state index in [2.05, 4.69) is 4.98 Å². The predicted octanol–water partition coefficient (Wildman–Crippen LogP) is 0.819. The molecular weight excluding hydrogens is 242 g/mol. The number of amides is 2. The number of hydrogen-bond donors (Lipinski definition) is 1. The van der Waals surface area contributed by atoms with Gasteiger partial charge in [0.15, 0.2) is 0 Å². The summed E-state index contributed by atoms with van der Waals surface area (Å²) in [4.78, 5) is 28.7. The Hall–Kier alpha value is -2.17. The molecule has 0 atom stereocenters. The minimum Gasteiger partial charge on any atom is -0.369 e. The van der Waals surface area contributed by atoms with Crippen LogP contribution < -0.4 is 5.73 Å². The highest BCUT2D eigenvalue weighted by Gasteiger charge is 2.24. The van der Waals surface area contributed by atoms with Crippen molar-refractivity contribution in [3.63, 3.8) is 0 Å². The summed E-state index contributed by atoms with van der Waals surface area (Å²) in [7, 11) is 0. The Morgan fingerprint density at radius 3 is 2.68 bits per heavy atom. The van der Waals surface area contributed by atoms with Gasteiger partial charge in [0.25, 0.3) is 0 Å². The van der Waals surface area contributed by atoms with E-state index < -0.39 is 0 Å². The van der Waals surface area contributed by atoms with E-state index in [0.29, 0.717) is 25.9 Å². The number of likely N-dealkylation sites (tertiary alicyclic amines) is 1. The van der Waals surface area contributed by atoms with Crippen LogP contribution >= 0.6 is 0 Å². The number of primary amides is 1. The van der Waals surface area contributed by atoms with Gasteiger partial charge in [-0.25, -0.2) is 0 Å². The molecule has 1 aromatic rings. The molecule has 0 bridgehead atoms. The lowest BCUT2D eigenvalue weighted by Crippen LogP contribution is -2.41. The summed E-state index contributed by atoms with van der Waals surface area (Å²) in [6.45, 7) is 1.17. The zero-order chi connectivity index (χ0) is 13.7. The van der Waals surface area contributed by atoms with Crippen molar-refractivity contribution in [2.24, 2.45) is 11.7 Å². The van der Waals surface area contributed by atoms with Gasteiger partial charge in [0.1, 0.15) is 0 Å². The number of nitrogens with two attached hydrogens (primary N) is 1. The molecule has 5 heteroatoms. The maximum Gasteiger partial charge on any atom is 0.246 e. The van der Waals surface area contributed by atoms with Gasteiger partial charge >= 0.3 is 0 Å². The number of nitrogens with zero attached hydrogens (tertiary/aromatic N) is 2. The summed E-state index contributed by atoms with van der Waals surface area (Å²) < 4.78 is 0. The third kappa shape index (κ3) is 3.64. The fourth-order valence-electron chi connectivity index (χ4n) is 2.13. The van der Waals surface area contributed by atoms with Crippen LogP contribution in [-0.4, -0.2) is 34.8 Å². The Morgan fingerprint density at radius 2 is 2.11 bits per heavy atom. The molecule has 1 aliphatic rings. The second-order valence-corrected chi connectivity index (χ2v) is 4.62. The van der Waals surface area contributed by atoms with E-state index >= 15 is 0 Å². The molecule has 19 heavy (non-hydrogen) atoms. The van der Waals surface area contributed by atoms with Crippen LogP contribution in [0.25, 0.3) is 6.08 Å². The van der Waals surface area contributed by atoms with E-state index in [1.165, 1.54) is 0 Å². The van der Waals surface area contributed by atoms with Crippen molar-refractivity contribution >= 4 is 17.9 Å². The average molecular weight is 259 g/mol. The predicted molar refractivity (Wildman–Crippen MR) is 71.8 cm³/mol. The third-order valence-electron chi connectivity index (χ3n) is 3.31. The minimum absolute atomic E-state index is 0.0354. The van der Waals surface area contributed by atoms with Gasteiger partial charge in [-0.2, -0.15) is 0 Å². The van der Waals surface area contributed by atoms with Gasteiger partial charge in [0.05, 0.1) is 0 Å². The highest BCUT2D eigenvalue weighted by molar-refractivity contribution is 5.92. The van der Waals surface area contributed by atoms with Crippen LogP contribution in [0.15, 0.2) is 30.6 Å². The molecule has 5 nitrogen and oxygen atoms in total. The van der Waals surface area contributed by atoms with E-state index in [1.807, 2.05) is 12.1 Å². The van der Waals surface area contributed by atoms with Crippen molar-refractivity contribution in [1.29, 1.82) is 0 Å². The first-order valence-electron chi connectivity index (χ1n) is 6.33. The zero-order valence-corrected chi connectivity index (χ0v) is 10.7. The van der Waals surface area contributed by atoms with Crippen molar-refractivity contribution < 1.29 is 9.59 Å². The van der Waals surface area contributed by atoms with Gasteiger partial charge in [-0.15, -0.1) is 0 Å². The minimum atomic E-state index is -0.266. The van der Waals surface area contributed by atoms with Crippen LogP contribution in [0.1, 0.15) is 18.4 Å². The van der Waals surface area contributed by atoms with Gasteiger partial charge in [-0.1, -0.05) is 6.07 Å². The molecule has 0 saturated carbocycles. The summed E-state index contributed by atoms with van der Waals surface area (Å²) in [6.07, 6.45) is 7.98. The molecule has 2 N–H and O–H groups in total. The highest BCUT2D eigenvalue weighted by Crippen LogP contribution is 2.17. The molecule has 1 aromatic heterocycles. The van der Waals surface area contributed by atoms with Crippen molar-refractivity contribution in [3.05, 3.63) is 36.2 Å². The van der Waals surface area contributed by atoms with Gasteiger partial charge in [-0.3, -0.25) is 14.6 Å². The molecule has 2 rings (SSSR count). The molecule has 1 saturated heterocycles. The molecule has 0 unspecified atom stereocenters. The Morgan fingerprint density at radius 1 is 1.37 bits per heavy atom. The fourth-order valence-corrected chi connectivity index (χ4v) is 2.13. The van der Waals surface area contributed by atoms with Crippen LogP contribution in [-0.2, 0) is 9.59 Å². The summed E-state index contributed by atoms with van der Waals surface area (Å²) in [5.41, 5.74) is 6.15. The standard InChI is InChI=1S/C14H17N3O2/c15-14(19)12-5-8-17(9-6-12)13(18)4-3-11-2-1-7-16-10-11/h1-4,7,10,12H,5-6,8-9H2,(H2,15,19). The van der Waals surface area contributed by atoms with Crippen LogP contribution in [0.5, 0.6) is 0 Å². The summed E-state index contributed by atoms with van der Waals surface area (Å²) in [5.74, 6) is -0.392. The maximum absolute atomic E-state index is 12.0. The molecule has 0 aliphatic carbocycles. The van der Waals surface area contributed by atoms with Crippen molar-refractivity contribution in [2.45, 2.75) is 12.8 Å². The fraction of sp³-hybridized carbons (Fsp3) is 0.357. The second-order valence-electron chi connectivity index (χ2n) is 4.62. The first-order chi connectivity index (χ1) is 9.16. The number of hydrogen-bond acceptors (Lipinski definition) is 3. The molecular formula is C14H17N3O2. The molecule has 2 heterocycles. The van der Waals surface area contributed by atoms with E-state index in [-0.39, 0.29) is 17.7 Å². The molecule has 0 spiro atoms. The van der Waals surface area contributed by atoms with E-state index in [4.69, 9.17) is 5.73 Å². The topological polar surface area (TPSA) is 76.3 Å². The summed E-state index contributed by atoms with van der Waals surface area (Å²) in [5, 5.41) is 0. The van der Waals surface area contributed by atoms with Crippen LogP contribution in [0.3, 0.4) is 0 Å². The van der Waals surface area contributed by atoms with Crippen molar-refractivity contribution in [1.82, 2.24) is 9.88 Å². The Labute approximate surface area is 112 Å². The molecule has 2 amide bonds. The summed E-state index contributed by atoms with van der Waals surface area (Å²) >= 11 is 0. The van der Waals surface area contributed by atoms with E-state index in [0.717, 1.165) is 5.56 Å². The number of rotatable bonds is 3. The second kappa shape index (κ2) is 6.13. The lowest BCUT2D eigenvalue weighted by Gasteiger charge is -2.29. The lowest BCUT2D eigenvalue weighted by atomic mass is 9.96. The number of piperidine rings is 1. The van der Waals surface area contributed by atoms with E-state index in [9.17, 15) is 9.59 Å². The highest BCUT2D eigenvalue weighted by atomic mass is 16.2. The maximum atomic E-state index is 12.0. The number of pyridine rings is 1. The molecule has 1 aliphatic heterocycles. The van der Waals surface area contributed by atoms with Gasteiger partial charge in [-0.05, 0) is 30.5 Å². The average Bonchev–Trinajstić information content (AvgIpc) is 2.46. The van der Waals surface area contributed by atoms with E-state index in [1.54, 1.807) is 29.4 Å². The third-order valence-corrected chi connectivity index (χ3v) is 3.31. The number of carbonyl (C=O) groups is 2. The molecule has 100 valence electrons. The zero-order valence-electron chi connectivity index (χ0n) is 10.7. The Kier molecular flexibility index (Phi) is 4.28. The van der Waals surface area contributed by atoms with Crippen LogP contribution in [0.4, 0.5) is 0 Å². The van der Waals surface area contributed by atoms with Crippen LogP contribution in [0, 0.1) is 5.92 Å². The molecule has 1 fully saturated rings. The van der Waals surface area contributed by atoms with Crippen molar-refractivity contribution in [3.8, 4) is 0 Å². The first kappa shape index (κ1) is 13.3. The lowest BCUT2D eigenvalue weighted by molar-refractivity contribution is -0.130. The Bertz CT molecular complexity index is 477. The number of carbonyl (C=O) groups excluding carboxylic acids is 2. The Balaban J connectivity index is 1.88. The number of aromatic nitrogens is 1. The molecule has 0 radical (unpaired) electrons. The van der Waals surface area contributed by atoms with Crippen molar-refractivity contribution in [2.75, 3.05) is 13.1 Å². The normalized spacial score (nSPS) is 16.7. The van der Waals surface area contributed by atoms with Gasteiger partial charge in [0.2, 0.25) is 11.8 Å². The first-order valence-corrected chi connectivity index (χ1v) is 6.33. The van der Waals surface area contributed by atoms with Gasteiger partial charge in [0, 0.05) is 37.5 Å². The SMILES string of the molecule is NC(=O)C1CCN(C(=O)C=Cc2cccnc2)CC1. The van der Waals surface area contributed by atoms with Gasteiger partial charge < -0.3 is 10.6 Å². The smallest absolute Gasteiger partial charge is 0.246 e. The summed E-state index contributed by atoms with van der Waals surface area (Å²) in [6, 6.07) is 3.71. The monoisotopic (exact) mass is 259 g/mol. The quantitative estimate of drug-likeness (QED) is 0.816. The molecule has 0 aromatic carbocycles. The largest absolute Gasteiger partial charge is 0.369 e. The van der Waals surface area contributed by atoms with Crippen LogP contribution in [0.2, 0.25) is 0 Å².